The molecule has 0 aliphatic heterocycles. The van der Waals surface area contributed by atoms with E-state index in [0.29, 0.717) is 5.02 Å². The van der Waals surface area contributed by atoms with Gasteiger partial charge in [-0.15, -0.1) is 0 Å². The first-order valence-corrected chi connectivity index (χ1v) is 3.70. The molecule has 2 N–H and O–H groups in total. The number of halogens is 1. The van der Waals surface area contributed by atoms with Gasteiger partial charge in [0, 0.05) is 12.3 Å². The Morgan fingerprint density at radius 3 is 2.92 bits per heavy atom. The average Bonchev–Trinajstić information content (AvgIpc) is 2.03. The summed E-state index contributed by atoms with van der Waals surface area (Å²) in [5, 5.41) is 17.9. The molecule has 4 nitrogen and oxygen atoms in total. The van der Waals surface area contributed by atoms with Gasteiger partial charge in [0.05, 0.1) is 11.6 Å². The zero-order valence-corrected chi connectivity index (χ0v) is 6.95. The minimum atomic E-state index is -0.129. The van der Waals surface area contributed by atoms with Crippen molar-refractivity contribution in [2.75, 3.05) is 13.2 Å². The van der Waals surface area contributed by atoms with E-state index in [9.17, 15) is 0 Å². The van der Waals surface area contributed by atoms with Crippen molar-refractivity contribution in [3.8, 4) is 11.6 Å². The van der Waals surface area contributed by atoms with Crippen LogP contribution in [0.5, 0.6) is 11.6 Å². The number of hydrogen-bond donors (Lipinski definition) is 2. The summed E-state index contributed by atoms with van der Waals surface area (Å²) in [5.74, 6) is -0.0515. The first-order valence-electron chi connectivity index (χ1n) is 3.32. The van der Waals surface area contributed by atoms with Gasteiger partial charge in [-0.3, -0.25) is 0 Å². The summed E-state index contributed by atoms with van der Waals surface area (Å²) in [6.45, 7) is -0.0219. The summed E-state index contributed by atoms with van der Waals surface area (Å²) < 4.78 is 4.87. The van der Waals surface area contributed by atoms with E-state index in [4.69, 9.17) is 26.6 Å². The zero-order valence-electron chi connectivity index (χ0n) is 6.20. The van der Waals surface area contributed by atoms with Gasteiger partial charge in [0.1, 0.15) is 6.61 Å². The van der Waals surface area contributed by atoms with Crippen molar-refractivity contribution in [1.29, 1.82) is 0 Å². The fourth-order valence-corrected chi connectivity index (χ4v) is 0.822. The molecule has 0 bridgehead atoms. The molecule has 0 unspecified atom stereocenters. The number of aliphatic hydroxyl groups excluding tert-OH is 1. The Hall–Kier alpha value is -1.00. The van der Waals surface area contributed by atoms with E-state index in [0.717, 1.165) is 0 Å². The molecule has 0 aliphatic rings. The molecule has 1 aromatic rings. The van der Waals surface area contributed by atoms with Crippen LogP contribution in [0.3, 0.4) is 0 Å². The maximum absolute atomic E-state index is 9.16. The van der Waals surface area contributed by atoms with Gasteiger partial charge in [-0.1, -0.05) is 11.6 Å². The van der Waals surface area contributed by atoms with Crippen LogP contribution in [-0.2, 0) is 0 Å². The third-order valence-electron chi connectivity index (χ3n) is 1.13. The van der Waals surface area contributed by atoms with Gasteiger partial charge < -0.3 is 14.9 Å². The van der Waals surface area contributed by atoms with Gasteiger partial charge in [-0.05, 0) is 0 Å². The van der Waals surface area contributed by atoms with Gasteiger partial charge in [0.25, 0.3) is 5.88 Å². The summed E-state index contributed by atoms with van der Waals surface area (Å²) in [7, 11) is 0. The lowest BCUT2D eigenvalue weighted by atomic mass is 10.4. The molecule has 0 saturated heterocycles. The first kappa shape index (κ1) is 9.09. The van der Waals surface area contributed by atoms with Crippen LogP contribution < -0.4 is 4.74 Å². The monoisotopic (exact) mass is 189 g/mol. The predicted molar refractivity (Wildman–Crippen MR) is 43.5 cm³/mol. The maximum atomic E-state index is 9.16. The summed E-state index contributed by atoms with van der Waals surface area (Å²) in [5.41, 5.74) is 0. The summed E-state index contributed by atoms with van der Waals surface area (Å²) >= 11 is 5.52. The van der Waals surface area contributed by atoms with Crippen LogP contribution in [0.4, 0.5) is 0 Å². The molecule has 0 spiro atoms. The molecule has 1 rings (SSSR count). The van der Waals surface area contributed by atoms with E-state index in [1.807, 2.05) is 0 Å². The average molecular weight is 190 g/mol. The Kier molecular flexibility index (Phi) is 3.13. The number of rotatable bonds is 3. The lowest BCUT2D eigenvalue weighted by Crippen LogP contribution is -2.02. The van der Waals surface area contributed by atoms with Crippen LogP contribution >= 0.6 is 11.6 Å². The lowest BCUT2D eigenvalue weighted by Gasteiger charge is -2.04. The highest BCUT2D eigenvalue weighted by Gasteiger charge is 2.03. The second-order valence-corrected chi connectivity index (χ2v) is 2.49. The van der Waals surface area contributed by atoms with Crippen molar-refractivity contribution < 1.29 is 14.9 Å². The van der Waals surface area contributed by atoms with Crippen molar-refractivity contribution in [1.82, 2.24) is 4.98 Å². The molecule has 0 amide bonds. The minimum Gasteiger partial charge on any atom is -0.503 e. The van der Waals surface area contributed by atoms with E-state index in [1.54, 1.807) is 0 Å². The fraction of sp³-hybridized carbons (Fsp3) is 0.286. The molecule has 0 aliphatic carbocycles. The molecule has 0 atom stereocenters. The largest absolute Gasteiger partial charge is 0.503 e. The number of aromatic hydroxyl groups is 1. The number of pyridine rings is 1. The molecule has 1 heterocycles. The Morgan fingerprint density at radius 1 is 1.58 bits per heavy atom. The molecule has 5 heteroatoms. The fourth-order valence-electron chi connectivity index (χ4n) is 0.670. The highest BCUT2D eigenvalue weighted by molar-refractivity contribution is 6.30. The quantitative estimate of drug-likeness (QED) is 0.739. The summed E-state index contributed by atoms with van der Waals surface area (Å²) in [6, 6.07) is 1.32. The molecule has 66 valence electrons. The molecule has 0 saturated carbocycles. The van der Waals surface area contributed by atoms with Crippen molar-refractivity contribution in [3.63, 3.8) is 0 Å². The van der Waals surface area contributed by atoms with Crippen LogP contribution in [0, 0.1) is 0 Å². The third kappa shape index (κ3) is 2.25. The zero-order chi connectivity index (χ0) is 8.97. The Bertz CT molecular complexity index is 267. The normalized spacial score (nSPS) is 9.83. The third-order valence-corrected chi connectivity index (χ3v) is 1.34. The van der Waals surface area contributed by atoms with Crippen LogP contribution in [-0.4, -0.2) is 28.4 Å². The van der Waals surface area contributed by atoms with E-state index >= 15 is 0 Å². The van der Waals surface area contributed by atoms with Gasteiger partial charge in [-0.2, -0.15) is 0 Å². The van der Waals surface area contributed by atoms with Crippen LogP contribution in [0.25, 0.3) is 0 Å². The number of aliphatic hydroxyl groups is 1. The van der Waals surface area contributed by atoms with Gasteiger partial charge >= 0.3 is 0 Å². The van der Waals surface area contributed by atoms with E-state index in [-0.39, 0.29) is 24.8 Å². The van der Waals surface area contributed by atoms with Crippen LogP contribution in [0.1, 0.15) is 0 Å². The van der Waals surface area contributed by atoms with E-state index in [2.05, 4.69) is 4.98 Å². The minimum absolute atomic E-state index is 0.0773. The SMILES string of the molecule is OCCOc1ncc(Cl)cc1O. The van der Waals surface area contributed by atoms with Gasteiger partial charge in [0.2, 0.25) is 0 Å². The van der Waals surface area contributed by atoms with Crippen molar-refractivity contribution in [2.45, 2.75) is 0 Å². The van der Waals surface area contributed by atoms with Crippen LogP contribution in [0.15, 0.2) is 12.3 Å². The predicted octanol–water partition coefficient (Wildman–Crippen LogP) is 0.812. The highest BCUT2D eigenvalue weighted by Crippen LogP contribution is 2.25. The Labute approximate surface area is 74.4 Å². The van der Waals surface area contributed by atoms with Crippen molar-refractivity contribution in [2.24, 2.45) is 0 Å². The molecule has 0 fully saturated rings. The van der Waals surface area contributed by atoms with Crippen molar-refractivity contribution >= 4 is 11.6 Å². The molecular weight excluding hydrogens is 182 g/mol. The summed E-state index contributed by atoms with van der Waals surface area (Å²) in [6.07, 6.45) is 1.36. The topological polar surface area (TPSA) is 62.6 Å². The second kappa shape index (κ2) is 4.13. The molecule has 1 aromatic heterocycles. The number of hydrogen-bond acceptors (Lipinski definition) is 4. The smallest absolute Gasteiger partial charge is 0.256 e. The number of ether oxygens (including phenoxy) is 1. The summed E-state index contributed by atoms with van der Waals surface area (Å²) in [4.78, 5) is 3.70. The Morgan fingerprint density at radius 2 is 2.33 bits per heavy atom. The van der Waals surface area contributed by atoms with Gasteiger partial charge in [-0.25, -0.2) is 4.98 Å². The maximum Gasteiger partial charge on any atom is 0.256 e. The number of nitrogens with zero attached hydrogens (tertiary/aromatic N) is 1. The molecular formula is C7H8ClNO3. The van der Waals surface area contributed by atoms with E-state index < -0.39 is 0 Å². The number of aromatic nitrogens is 1. The van der Waals surface area contributed by atoms with Gasteiger partial charge in [0.15, 0.2) is 5.75 Å². The standard InChI is InChI=1S/C7H8ClNO3/c8-5-3-6(11)7(9-4-5)12-2-1-10/h3-4,10-11H,1-2H2. The van der Waals surface area contributed by atoms with Crippen molar-refractivity contribution in [3.05, 3.63) is 17.3 Å². The van der Waals surface area contributed by atoms with E-state index in [1.165, 1.54) is 12.3 Å². The Balaban J connectivity index is 2.72. The molecule has 12 heavy (non-hydrogen) atoms. The highest BCUT2D eigenvalue weighted by atomic mass is 35.5. The molecule has 0 aromatic carbocycles. The van der Waals surface area contributed by atoms with Crippen LogP contribution in [0.2, 0.25) is 5.02 Å². The molecule has 0 radical (unpaired) electrons. The first-order chi connectivity index (χ1) is 5.74. The lowest BCUT2D eigenvalue weighted by molar-refractivity contribution is 0.192. The second-order valence-electron chi connectivity index (χ2n) is 2.05.